The van der Waals surface area contributed by atoms with E-state index in [-0.39, 0.29) is 12.5 Å². The first-order valence-electron chi connectivity index (χ1n) is 6.55. The Kier molecular flexibility index (Phi) is 4.93. The average Bonchev–Trinajstić information content (AvgIpc) is 3.13. The molecule has 0 aliphatic heterocycles. The standard InChI is InChI=1S/C15H10Br2N2O3S/c1-8-4-2-3-5-9(8)14-18-12(22-19-14)7-21-15(20)11-6-10(16)13(17)23-11/h2-6H,7H2,1H3. The summed E-state index contributed by atoms with van der Waals surface area (Å²) in [6.07, 6.45) is 0. The molecule has 0 N–H and O–H groups in total. The van der Waals surface area contributed by atoms with Crippen molar-refractivity contribution in [3.05, 3.63) is 54.9 Å². The van der Waals surface area contributed by atoms with Gasteiger partial charge in [0, 0.05) is 10.0 Å². The molecule has 0 fully saturated rings. The van der Waals surface area contributed by atoms with Gasteiger partial charge < -0.3 is 9.26 Å². The molecule has 0 spiro atoms. The van der Waals surface area contributed by atoms with Crippen molar-refractivity contribution in [1.29, 1.82) is 0 Å². The van der Waals surface area contributed by atoms with E-state index >= 15 is 0 Å². The maximum atomic E-state index is 12.0. The smallest absolute Gasteiger partial charge is 0.348 e. The lowest BCUT2D eigenvalue weighted by Gasteiger charge is -1.99. The predicted octanol–water partition coefficient (Wildman–Crippen LogP) is 4.99. The Balaban J connectivity index is 1.68. The van der Waals surface area contributed by atoms with Crippen molar-refractivity contribution in [2.24, 2.45) is 0 Å². The number of nitrogens with zero attached hydrogens (tertiary/aromatic N) is 2. The fraction of sp³-hybridized carbons (Fsp3) is 0.133. The fourth-order valence-corrected chi connectivity index (χ4v) is 3.82. The Labute approximate surface area is 152 Å². The minimum absolute atomic E-state index is 0.0646. The summed E-state index contributed by atoms with van der Waals surface area (Å²) in [7, 11) is 0. The Morgan fingerprint density at radius 1 is 1.35 bits per heavy atom. The van der Waals surface area contributed by atoms with Crippen LogP contribution in [-0.4, -0.2) is 16.1 Å². The van der Waals surface area contributed by atoms with Crippen molar-refractivity contribution in [1.82, 2.24) is 10.1 Å². The first kappa shape index (κ1) is 16.4. The Morgan fingerprint density at radius 2 is 2.13 bits per heavy atom. The number of hydrogen-bond donors (Lipinski definition) is 0. The Bertz CT molecular complexity index is 841. The van der Waals surface area contributed by atoms with E-state index < -0.39 is 5.97 Å². The van der Waals surface area contributed by atoms with Crippen molar-refractivity contribution in [3.63, 3.8) is 0 Å². The third kappa shape index (κ3) is 3.70. The van der Waals surface area contributed by atoms with E-state index in [1.807, 2.05) is 31.2 Å². The van der Waals surface area contributed by atoms with E-state index in [1.165, 1.54) is 11.3 Å². The van der Waals surface area contributed by atoms with Gasteiger partial charge in [-0.2, -0.15) is 4.98 Å². The van der Waals surface area contributed by atoms with Gasteiger partial charge in [0.05, 0.1) is 3.79 Å². The third-order valence-corrected chi connectivity index (χ3v) is 6.26. The van der Waals surface area contributed by atoms with Crippen LogP contribution in [0.5, 0.6) is 0 Å². The SMILES string of the molecule is Cc1ccccc1-c1noc(COC(=O)c2cc(Br)c(Br)s2)n1. The van der Waals surface area contributed by atoms with E-state index in [4.69, 9.17) is 9.26 Å². The average molecular weight is 458 g/mol. The van der Waals surface area contributed by atoms with Crippen LogP contribution in [0.1, 0.15) is 21.1 Å². The summed E-state index contributed by atoms with van der Waals surface area (Å²) in [4.78, 5) is 16.7. The van der Waals surface area contributed by atoms with Gasteiger partial charge in [-0.1, -0.05) is 29.4 Å². The number of benzene rings is 1. The molecule has 3 rings (SSSR count). The van der Waals surface area contributed by atoms with E-state index in [2.05, 4.69) is 42.0 Å². The second-order valence-electron chi connectivity index (χ2n) is 4.64. The van der Waals surface area contributed by atoms with Gasteiger partial charge in [-0.3, -0.25) is 0 Å². The summed E-state index contributed by atoms with van der Waals surface area (Å²) in [5, 5.41) is 3.93. The molecule has 0 saturated heterocycles. The molecule has 0 bridgehead atoms. The van der Waals surface area contributed by atoms with E-state index in [9.17, 15) is 4.79 Å². The molecule has 5 nitrogen and oxygen atoms in total. The molecule has 0 amide bonds. The second kappa shape index (κ2) is 6.94. The molecule has 2 heterocycles. The number of aryl methyl sites for hydroxylation is 1. The first-order chi connectivity index (χ1) is 11.0. The summed E-state index contributed by atoms with van der Waals surface area (Å²) < 4.78 is 12.0. The summed E-state index contributed by atoms with van der Waals surface area (Å²) in [5.74, 6) is 0.305. The number of hydrogen-bond acceptors (Lipinski definition) is 6. The maximum Gasteiger partial charge on any atom is 0.348 e. The molecule has 118 valence electrons. The van der Waals surface area contributed by atoms with Crippen LogP contribution in [0.4, 0.5) is 0 Å². The monoisotopic (exact) mass is 456 g/mol. The number of aromatic nitrogens is 2. The number of halogens is 2. The fourth-order valence-electron chi connectivity index (χ4n) is 1.89. The van der Waals surface area contributed by atoms with Crippen LogP contribution in [0.2, 0.25) is 0 Å². The maximum absolute atomic E-state index is 12.0. The van der Waals surface area contributed by atoms with Crippen molar-refractivity contribution < 1.29 is 14.1 Å². The quantitative estimate of drug-likeness (QED) is 0.516. The molecular weight excluding hydrogens is 448 g/mol. The van der Waals surface area contributed by atoms with Crippen LogP contribution in [0.25, 0.3) is 11.4 Å². The summed E-state index contributed by atoms with van der Waals surface area (Å²) in [5.41, 5.74) is 1.94. The lowest BCUT2D eigenvalue weighted by atomic mass is 10.1. The molecule has 3 aromatic rings. The van der Waals surface area contributed by atoms with Crippen LogP contribution in [-0.2, 0) is 11.3 Å². The zero-order valence-electron chi connectivity index (χ0n) is 11.9. The number of carbonyl (C=O) groups is 1. The van der Waals surface area contributed by atoms with Gasteiger partial charge in [0.25, 0.3) is 5.89 Å². The molecule has 0 aliphatic carbocycles. The number of thiophene rings is 1. The third-order valence-electron chi connectivity index (χ3n) is 3.03. The molecule has 0 aliphatic rings. The van der Waals surface area contributed by atoms with Gasteiger partial charge in [-0.25, -0.2) is 4.79 Å². The minimum atomic E-state index is -0.433. The Hall–Kier alpha value is -1.51. The molecule has 23 heavy (non-hydrogen) atoms. The molecule has 0 unspecified atom stereocenters. The number of rotatable bonds is 4. The van der Waals surface area contributed by atoms with E-state index in [0.29, 0.717) is 10.7 Å². The van der Waals surface area contributed by atoms with Crippen LogP contribution in [0, 0.1) is 6.92 Å². The second-order valence-corrected chi connectivity index (χ2v) is 7.86. The molecule has 0 radical (unpaired) electrons. The van der Waals surface area contributed by atoms with Gasteiger partial charge in [0.1, 0.15) is 4.88 Å². The van der Waals surface area contributed by atoms with Gasteiger partial charge in [-0.15, -0.1) is 11.3 Å². The molecular formula is C15H10Br2N2O3S. The topological polar surface area (TPSA) is 65.2 Å². The first-order valence-corrected chi connectivity index (χ1v) is 8.95. The number of ether oxygens (including phenoxy) is 1. The van der Waals surface area contributed by atoms with Gasteiger partial charge in [0.15, 0.2) is 6.61 Å². The van der Waals surface area contributed by atoms with Crippen molar-refractivity contribution in [3.8, 4) is 11.4 Å². The van der Waals surface area contributed by atoms with Gasteiger partial charge >= 0.3 is 5.97 Å². The van der Waals surface area contributed by atoms with Crippen molar-refractivity contribution >= 4 is 49.2 Å². The van der Waals surface area contributed by atoms with Crippen molar-refractivity contribution in [2.45, 2.75) is 13.5 Å². The zero-order chi connectivity index (χ0) is 16.4. The lowest BCUT2D eigenvalue weighted by molar-refractivity contribution is 0.0435. The predicted molar refractivity (Wildman–Crippen MR) is 93.3 cm³/mol. The molecule has 2 aromatic heterocycles. The van der Waals surface area contributed by atoms with Crippen LogP contribution < -0.4 is 0 Å². The Morgan fingerprint density at radius 3 is 2.83 bits per heavy atom. The summed E-state index contributed by atoms with van der Waals surface area (Å²) in [6, 6.07) is 9.43. The van der Waals surface area contributed by atoms with Crippen molar-refractivity contribution in [2.75, 3.05) is 0 Å². The van der Waals surface area contributed by atoms with E-state index in [1.54, 1.807) is 6.07 Å². The molecule has 1 aromatic carbocycles. The zero-order valence-corrected chi connectivity index (χ0v) is 15.9. The highest BCUT2D eigenvalue weighted by Crippen LogP contribution is 2.32. The summed E-state index contributed by atoms with van der Waals surface area (Å²) in [6.45, 7) is 1.91. The largest absolute Gasteiger partial charge is 0.451 e. The highest BCUT2D eigenvalue weighted by molar-refractivity contribution is 9.13. The molecule has 8 heteroatoms. The van der Waals surface area contributed by atoms with Crippen LogP contribution in [0.15, 0.2) is 43.1 Å². The highest BCUT2D eigenvalue weighted by atomic mass is 79.9. The summed E-state index contributed by atoms with van der Waals surface area (Å²) >= 11 is 7.96. The highest BCUT2D eigenvalue weighted by Gasteiger charge is 2.16. The van der Waals surface area contributed by atoms with Gasteiger partial charge in [0.2, 0.25) is 5.82 Å². The molecule has 0 saturated carbocycles. The lowest BCUT2D eigenvalue weighted by Crippen LogP contribution is -2.03. The molecule has 0 atom stereocenters. The normalized spacial score (nSPS) is 10.7. The number of carbonyl (C=O) groups excluding carboxylic acids is 1. The van der Waals surface area contributed by atoms with Crippen LogP contribution in [0.3, 0.4) is 0 Å². The van der Waals surface area contributed by atoms with Gasteiger partial charge in [-0.05, 0) is 50.4 Å². The number of esters is 1. The van der Waals surface area contributed by atoms with E-state index in [0.717, 1.165) is 19.4 Å². The van der Waals surface area contributed by atoms with Crippen LogP contribution >= 0.6 is 43.2 Å². The minimum Gasteiger partial charge on any atom is -0.451 e.